The molecule has 0 radical (unpaired) electrons. The summed E-state index contributed by atoms with van der Waals surface area (Å²) in [6, 6.07) is 5.60. The van der Waals surface area contributed by atoms with E-state index in [1.807, 2.05) is 19.1 Å². The molecule has 0 fully saturated rings. The fourth-order valence-electron chi connectivity index (χ4n) is 2.36. The summed E-state index contributed by atoms with van der Waals surface area (Å²) in [5.74, 6) is 0.611. The first-order valence-electron chi connectivity index (χ1n) is 7.51. The highest BCUT2D eigenvalue weighted by Crippen LogP contribution is 2.31. The first-order valence-corrected chi connectivity index (χ1v) is 7.89. The number of aryl methyl sites for hydroxylation is 1. The molecular formula is C17H23ClN2O2. The number of fused-ring (bicyclic) bond motifs is 1. The quantitative estimate of drug-likeness (QED) is 0.909. The van der Waals surface area contributed by atoms with Crippen LogP contribution in [0.25, 0.3) is 11.0 Å². The molecule has 0 saturated heterocycles. The van der Waals surface area contributed by atoms with Crippen LogP contribution in [0.2, 0.25) is 5.02 Å². The number of amides is 1. The fourth-order valence-corrected chi connectivity index (χ4v) is 2.58. The Labute approximate surface area is 136 Å². The minimum absolute atomic E-state index is 0.0847. The summed E-state index contributed by atoms with van der Waals surface area (Å²) >= 11 is 6.13. The number of carbonyl (C=O) groups is 1. The maximum atomic E-state index is 12.6. The van der Waals surface area contributed by atoms with Gasteiger partial charge >= 0.3 is 0 Å². The van der Waals surface area contributed by atoms with E-state index >= 15 is 0 Å². The van der Waals surface area contributed by atoms with E-state index in [1.165, 1.54) is 0 Å². The largest absolute Gasteiger partial charge is 0.449 e. The lowest BCUT2D eigenvalue weighted by molar-refractivity contribution is 0.0759. The summed E-state index contributed by atoms with van der Waals surface area (Å²) in [6.45, 7) is 6.64. The number of para-hydroxylation sites is 1. The molecule has 2 rings (SSSR count). The van der Waals surface area contributed by atoms with Gasteiger partial charge in [-0.25, -0.2) is 0 Å². The van der Waals surface area contributed by atoms with E-state index in [0.29, 0.717) is 28.8 Å². The van der Waals surface area contributed by atoms with Crippen molar-refractivity contribution < 1.29 is 9.21 Å². The van der Waals surface area contributed by atoms with Crippen molar-refractivity contribution in [2.45, 2.75) is 33.2 Å². The zero-order valence-corrected chi connectivity index (χ0v) is 14.3. The molecule has 1 aromatic heterocycles. The van der Waals surface area contributed by atoms with Gasteiger partial charge in [-0.15, -0.1) is 0 Å². The van der Waals surface area contributed by atoms with Gasteiger partial charge in [0.25, 0.3) is 5.91 Å². The first-order chi connectivity index (χ1) is 10.3. The lowest BCUT2D eigenvalue weighted by Gasteiger charge is -2.21. The Kier molecular flexibility index (Phi) is 5.14. The van der Waals surface area contributed by atoms with Crippen LogP contribution in [-0.4, -0.2) is 30.4 Å². The van der Waals surface area contributed by atoms with Crippen molar-refractivity contribution in [3.63, 3.8) is 0 Å². The van der Waals surface area contributed by atoms with Gasteiger partial charge in [0.2, 0.25) is 0 Å². The van der Waals surface area contributed by atoms with Crippen molar-refractivity contribution in [1.82, 2.24) is 4.90 Å². The summed E-state index contributed by atoms with van der Waals surface area (Å²) in [6.07, 6.45) is 0.764. The van der Waals surface area contributed by atoms with Crippen molar-refractivity contribution in [2.75, 3.05) is 13.6 Å². The van der Waals surface area contributed by atoms with Crippen LogP contribution in [0, 0.1) is 12.8 Å². The van der Waals surface area contributed by atoms with E-state index < -0.39 is 0 Å². The molecule has 2 N–H and O–H groups in total. The summed E-state index contributed by atoms with van der Waals surface area (Å²) in [7, 11) is 1.77. The molecule has 2 aromatic rings. The molecule has 1 amide bonds. The molecule has 0 aliphatic heterocycles. The molecule has 1 atom stereocenters. The molecule has 5 heteroatoms. The molecule has 120 valence electrons. The van der Waals surface area contributed by atoms with Crippen LogP contribution in [-0.2, 0) is 0 Å². The normalized spacial score (nSPS) is 12.9. The van der Waals surface area contributed by atoms with Gasteiger partial charge < -0.3 is 15.1 Å². The molecular weight excluding hydrogens is 300 g/mol. The second-order valence-electron chi connectivity index (χ2n) is 6.10. The number of benzene rings is 1. The Morgan fingerprint density at radius 2 is 2.09 bits per heavy atom. The predicted molar refractivity (Wildman–Crippen MR) is 90.4 cm³/mol. The molecule has 0 spiro atoms. The minimum atomic E-state index is -0.138. The van der Waals surface area contributed by atoms with Crippen molar-refractivity contribution >= 4 is 28.5 Å². The number of carbonyl (C=O) groups excluding carboxylic acids is 1. The standard InChI is InChI=1S/C17H23ClN2O2/c1-10(2)14(19)8-9-20(4)17(21)15-11(3)12-6-5-7-13(18)16(12)22-15/h5-7,10,14H,8-9,19H2,1-4H3. The maximum Gasteiger partial charge on any atom is 0.289 e. The van der Waals surface area contributed by atoms with Crippen LogP contribution in [0.5, 0.6) is 0 Å². The number of hydrogen-bond acceptors (Lipinski definition) is 3. The number of nitrogens with two attached hydrogens (primary N) is 1. The number of halogens is 1. The van der Waals surface area contributed by atoms with Gasteiger partial charge in [0.05, 0.1) is 5.02 Å². The average Bonchev–Trinajstić information content (AvgIpc) is 2.82. The second kappa shape index (κ2) is 6.71. The minimum Gasteiger partial charge on any atom is -0.449 e. The van der Waals surface area contributed by atoms with Gasteiger partial charge in [0.1, 0.15) is 0 Å². The Morgan fingerprint density at radius 1 is 1.41 bits per heavy atom. The number of nitrogens with zero attached hydrogens (tertiary/aromatic N) is 1. The van der Waals surface area contributed by atoms with Gasteiger partial charge in [-0.3, -0.25) is 4.79 Å². The van der Waals surface area contributed by atoms with Gasteiger partial charge in [0.15, 0.2) is 11.3 Å². The topological polar surface area (TPSA) is 59.5 Å². The Hall–Kier alpha value is -1.52. The number of hydrogen-bond donors (Lipinski definition) is 1. The summed E-state index contributed by atoms with van der Waals surface area (Å²) in [4.78, 5) is 14.2. The molecule has 1 heterocycles. The first kappa shape index (κ1) is 16.8. The monoisotopic (exact) mass is 322 g/mol. The molecule has 0 bridgehead atoms. The Bertz CT molecular complexity index is 679. The highest BCUT2D eigenvalue weighted by molar-refractivity contribution is 6.35. The zero-order valence-electron chi connectivity index (χ0n) is 13.5. The molecule has 22 heavy (non-hydrogen) atoms. The lowest BCUT2D eigenvalue weighted by atomic mass is 10.0. The van der Waals surface area contributed by atoms with E-state index in [0.717, 1.165) is 17.4 Å². The van der Waals surface area contributed by atoms with Crippen LogP contribution in [0.1, 0.15) is 36.4 Å². The summed E-state index contributed by atoms with van der Waals surface area (Å²) in [5.41, 5.74) is 7.42. The van der Waals surface area contributed by atoms with Crippen LogP contribution < -0.4 is 5.73 Å². The van der Waals surface area contributed by atoms with Crippen molar-refractivity contribution in [1.29, 1.82) is 0 Å². The SMILES string of the molecule is Cc1c(C(=O)N(C)CCC(N)C(C)C)oc2c(Cl)cccc12. The lowest BCUT2D eigenvalue weighted by Crippen LogP contribution is -2.34. The van der Waals surface area contributed by atoms with E-state index in [1.54, 1.807) is 18.0 Å². The molecule has 1 unspecified atom stereocenters. The molecule has 4 nitrogen and oxygen atoms in total. The average molecular weight is 323 g/mol. The maximum absolute atomic E-state index is 12.6. The molecule has 0 aliphatic carbocycles. The fraction of sp³-hybridized carbons (Fsp3) is 0.471. The third-order valence-electron chi connectivity index (χ3n) is 4.11. The van der Waals surface area contributed by atoms with Crippen molar-refractivity contribution in [3.8, 4) is 0 Å². The van der Waals surface area contributed by atoms with Crippen LogP contribution in [0.15, 0.2) is 22.6 Å². The van der Waals surface area contributed by atoms with Gasteiger partial charge in [-0.2, -0.15) is 0 Å². The smallest absolute Gasteiger partial charge is 0.289 e. The molecule has 0 saturated carbocycles. The van der Waals surface area contributed by atoms with Crippen LogP contribution in [0.3, 0.4) is 0 Å². The van der Waals surface area contributed by atoms with Crippen LogP contribution in [0.4, 0.5) is 0 Å². The molecule has 1 aromatic carbocycles. The third-order valence-corrected chi connectivity index (χ3v) is 4.41. The van der Waals surface area contributed by atoms with Gasteiger partial charge in [0, 0.05) is 30.6 Å². The van der Waals surface area contributed by atoms with E-state index in [4.69, 9.17) is 21.8 Å². The summed E-state index contributed by atoms with van der Waals surface area (Å²) in [5, 5.41) is 1.40. The summed E-state index contributed by atoms with van der Waals surface area (Å²) < 4.78 is 5.71. The molecule has 0 aliphatic rings. The Balaban J connectivity index is 2.19. The van der Waals surface area contributed by atoms with Crippen molar-refractivity contribution in [3.05, 3.63) is 34.5 Å². The highest BCUT2D eigenvalue weighted by Gasteiger charge is 2.22. The van der Waals surface area contributed by atoms with E-state index in [2.05, 4.69) is 13.8 Å². The second-order valence-corrected chi connectivity index (χ2v) is 6.50. The number of rotatable bonds is 5. The Morgan fingerprint density at radius 3 is 2.68 bits per heavy atom. The van der Waals surface area contributed by atoms with E-state index in [-0.39, 0.29) is 11.9 Å². The van der Waals surface area contributed by atoms with Crippen molar-refractivity contribution in [2.24, 2.45) is 11.7 Å². The third kappa shape index (κ3) is 3.28. The van der Waals surface area contributed by atoms with Crippen LogP contribution >= 0.6 is 11.6 Å². The number of furan rings is 1. The zero-order chi connectivity index (χ0) is 16.4. The van der Waals surface area contributed by atoms with Gasteiger partial charge in [-0.1, -0.05) is 37.6 Å². The highest BCUT2D eigenvalue weighted by atomic mass is 35.5. The van der Waals surface area contributed by atoms with Gasteiger partial charge in [-0.05, 0) is 25.3 Å². The predicted octanol–water partition coefficient (Wildman–Crippen LogP) is 3.84. The van der Waals surface area contributed by atoms with E-state index in [9.17, 15) is 4.79 Å².